The summed E-state index contributed by atoms with van der Waals surface area (Å²) in [6.07, 6.45) is 6.80. The Balaban J connectivity index is 2.47. The minimum atomic E-state index is -0.416. The molecule has 7 heteroatoms. The molecule has 126 valence electrons. The Bertz CT molecular complexity index is 890. The van der Waals surface area contributed by atoms with Gasteiger partial charge in [-0.15, -0.1) is 24.3 Å². The van der Waals surface area contributed by atoms with E-state index in [9.17, 15) is 9.59 Å². The molecule has 0 aromatic carbocycles. The third-order valence-electron chi connectivity index (χ3n) is 3.58. The average Bonchev–Trinajstić information content (AvgIpc) is 2.83. The van der Waals surface area contributed by atoms with Crippen molar-refractivity contribution in [2.45, 2.75) is 37.7 Å². The fraction of sp³-hybridized carbons (Fsp3) is 0.353. The van der Waals surface area contributed by atoms with Crippen molar-refractivity contribution in [2.75, 3.05) is 6.54 Å². The lowest BCUT2D eigenvalue weighted by atomic mass is 10.2. The van der Waals surface area contributed by atoms with Crippen molar-refractivity contribution in [3.05, 3.63) is 33.4 Å². The van der Waals surface area contributed by atoms with E-state index in [0.29, 0.717) is 21.9 Å². The van der Waals surface area contributed by atoms with Gasteiger partial charge in [0.15, 0.2) is 5.16 Å². The minimum Gasteiger partial charge on any atom is -0.344 e. The molecule has 2 aromatic heterocycles. The predicted molar refractivity (Wildman–Crippen MR) is 101 cm³/mol. The van der Waals surface area contributed by atoms with Crippen molar-refractivity contribution in [1.29, 1.82) is 0 Å². The number of terminal acetylenes is 1. The van der Waals surface area contributed by atoms with E-state index in [4.69, 9.17) is 6.42 Å². The predicted octanol–water partition coefficient (Wildman–Crippen LogP) is 2.49. The number of thiophene rings is 1. The Morgan fingerprint density at radius 2 is 2.29 bits per heavy atom. The summed E-state index contributed by atoms with van der Waals surface area (Å²) < 4.78 is 1.56. The molecule has 24 heavy (non-hydrogen) atoms. The molecule has 2 aromatic rings. The molecule has 0 aliphatic heterocycles. The summed E-state index contributed by atoms with van der Waals surface area (Å²) in [6, 6.07) is 0. The highest BCUT2D eigenvalue weighted by Crippen LogP contribution is 2.29. The molecule has 5 nitrogen and oxygen atoms in total. The van der Waals surface area contributed by atoms with Crippen molar-refractivity contribution in [2.24, 2.45) is 0 Å². The number of nitrogens with one attached hydrogen (secondary N) is 1. The molecule has 0 aliphatic rings. The van der Waals surface area contributed by atoms with Gasteiger partial charge in [0.25, 0.3) is 5.56 Å². The second kappa shape index (κ2) is 7.69. The van der Waals surface area contributed by atoms with E-state index in [2.05, 4.69) is 22.8 Å². The van der Waals surface area contributed by atoms with E-state index in [1.165, 1.54) is 23.1 Å². The van der Waals surface area contributed by atoms with Gasteiger partial charge in [0, 0.05) is 11.4 Å². The van der Waals surface area contributed by atoms with Gasteiger partial charge in [-0.3, -0.25) is 14.2 Å². The Hall–Kier alpha value is -2.04. The maximum Gasteiger partial charge on any atom is 0.263 e. The topological polar surface area (TPSA) is 64.0 Å². The first-order valence-electron chi connectivity index (χ1n) is 7.40. The maximum atomic E-state index is 12.8. The number of aromatic nitrogens is 2. The number of thioether (sulfide) groups is 1. The van der Waals surface area contributed by atoms with Crippen molar-refractivity contribution in [3.63, 3.8) is 0 Å². The second-order valence-corrected chi connectivity index (χ2v) is 7.76. The van der Waals surface area contributed by atoms with E-state index in [1.807, 2.05) is 13.8 Å². The summed E-state index contributed by atoms with van der Waals surface area (Å²) in [7, 11) is 0. The van der Waals surface area contributed by atoms with Crippen LogP contribution in [0.5, 0.6) is 0 Å². The molecule has 2 rings (SSSR count). The quantitative estimate of drug-likeness (QED) is 0.372. The number of rotatable bonds is 6. The monoisotopic (exact) mass is 361 g/mol. The first-order chi connectivity index (χ1) is 11.4. The molecule has 1 unspecified atom stereocenters. The summed E-state index contributed by atoms with van der Waals surface area (Å²) in [5.74, 6) is 2.18. The second-order valence-electron chi connectivity index (χ2n) is 5.24. The zero-order chi connectivity index (χ0) is 17.9. The molecular formula is C17H19N3O2S2. The van der Waals surface area contributed by atoms with Gasteiger partial charge in [0.2, 0.25) is 5.91 Å². The molecule has 0 aliphatic carbocycles. The highest BCUT2D eigenvalue weighted by atomic mass is 32.2. The SMILES string of the molecule is C#CCNC(=O)C(C)Sc1nc2sc(C)c(C)c2c(=O)n1CC=C. The van der Waals surface area contributed by atoms with Gasteiger partial charge in [-0.25, -0.2) is 4.98 Å². The lowest BCUT2D eigenvalue weighted by Crippen LogP contribution is -2.32. The van der Waals surface area contributed by atoms with Gasteiger partial charge < -0.3 is 5.32 Å². The lowest BCUT2D eigenvalue weighted by molar-refractivity contribution is -0.120. The van der Waals surface area contributed by atoms with Crippen LogP contribution in [0.4, 0.5) is 0 Å². The van der Waals surface area contributed by atoms with Crippen molar-refractivity contribution in [3.8, 4) is 12.3 Å². The molecule has 1 N–H and O–H groups in total. The Labute approximate surface area is 149 Å². The van der Waals surface area contributed by atoms with Gasteiger partial charge in [0.1, 0.15) is 4.83 Å². The van der Waals surface area contributed by atoms with Crippen LogP contribution in [0, 0.1) is 26.2 Å². The Kier molecular flexibility index (Phi) is 5.86. The summed E-state index contributed by atoms with van der Waals surface area (Å²) >= 11 is 2.74. The molecule has 1 amide bonds. The van der Waals surface area contributed by atoms with E-state index in [1.54, 1.807) is 17.6 Å². The molecule has 0 bridgehead atoms. The van der Waals surface area contributed by atoms with Crippen LogP contribution in [-0.2, 0) is 11.3 Å². The van der Waals surface area contributed by atoms with Crippen LogP contribution in [0.25, 0.3) is 10.2 Å². The average molecular weight is 361 g/mol. The highest BCUT2D eigenvalue weighted by Gasteiger charge is 2.20. The number of aryl methyl sites for hydroxylation is 2. The number of hydrogen-bond donors (Lipinski definition) is 1. The van der Waals surface area contributed by atoms with Crippen LogP contribution >= 0.6 is 23.1 Å². The largest absolute Gasteiger partial charge is 0.344 e. The molecule has 0 spiro atoms. The van der Waals surface area contributed by atoms with Crippen LogP contribution < -0.4 is 10.9 Å². The first-order valence-corrected chi connectivity index (χ1v) is 9.09. The zero-order valence-corrected chi connectivity index (χ0v) is 15.5. The summed E-state index contributed by atoms with van der Waals surface area (Å²) in [6.45, 7) is 9.89. The van der Waals surface area contributed by atoms with E-state index in [-0.39, 0.29) is 18.0 Å². The normalized spacial score (nSPS) is 11.9. The van der Waals surface area contributed by atoms with Crippen LogP contribution in [0.3, 0.4) is 0 Å². The minimum absolute atomic E-state index is 0.0968. The number of carbonyl (C=O) groups is 1. The number of hydrogen-bond acceptors (Lipinski definition) is 5. The van der Waals surface area contributed by atoms with E-state index < -0.39 is 5.25 Å². The number of carbonyl (C=O) groups excluding carboxylic acids is 1. The van der Waals surface area contributed by atoms with Gasteiger partial charge >= 0.3 is 0 Å². The van der Waals surface area contributed by atoms with Crippen LogP contribution in [0.2, 0.25) is 0 Å². The van der Waals surface area contributed by atoms with Crippen molar-refractivity contribution in [1.82, 2.24) is 14.9 Å². The summed E-state index contributed by atoms with van der Waals surface area (Å²) in [5.41, 5.74) is 0.863. The lowest BCUT2D eigenvalue weighted by Gasteiger charge is -2.14. The summed E-state index contributed by atoms with van der Waals surface area (Å²) in [4.78, 5) is 31.2. The molecular weight excluding hydrogens is 342 g/mol. The number of amides is 1. The molecule has 1 atom stereocenters. The van der Waals surface area contributed by atoms with Gasteiger partial charge in [0.05, 0.1) is 17.2 Å². The molecule has 0 saturated heterocycles. The van der Waals surface area contributed by atoms with E-state index >= 15 is 0 Å². The molecule has 0 radical (unpaired) electrons. The third kappa shape index (κ3) is 3.55. The van der Waals surface area contributed by atoms with Gasteiger partial charge in [-0.05, 0) is 26.3 Å². The highest BCUT2D eigenvalue weighted by molar-refractivity contribution is 8.00. The van der Waals surface area contributed by atoms with Gasteiger partial charge in [-0.2, -0.15) is 0 Å². The molecule has 2 heterocycles. The van der Waals surface area contributed by atoms with Crippen molar-refractivity contribution < 1.29 is 4.79 Å². The van der Waals surface area contributed by atoms with Gasteiger partial charge in [-0.1, -0.05) is 23.8 Å². The Morgan fingerprint density at radius 1 is 1.58 bits per heavy atom. The zero-order valence-electron chi connectivity index (χ0n) is 13.9. The smallest absolute Gasteiger partial charge is 0.263 e. The van der Waals surface area contributed by atoms with E-state index in [0.717, 1.165) is 10.4 Å². The van der Waals surface area contributed by atoms with Crippen molar-refractivity contribution >= 4 is 39.2 Å². The molecule has 0 fully saturated rings. The van der Waals surface area contributed by atoms with Crippen LogP contribution in [0.15, 0.2) is 22.6 Å². The Morgan fingerprint density at radius 3 is 2.92 bits per heavy atom. The fourth-order valence-corrected chi connectivity index (χ4v) is 4.20. The number of fused-ring (bicyclic) bond motifs is 1. The fourth-order valence-electron chi connectivity index (χ4n) is 2.18. The third-order valence-corrected chi connectivity index (χ3v) is 5.77. The first kappa shape index (κ1) is 18.3. The molecule has 0 saturated carbocycles. The van der Waals surface area contributed by atoms with Crippen LogP contribution in [-0.4, -0.2) is 27.3 Å². The van der Waals surface area contributed by atoms with Crippen LogP contribution in [0.1, 0.15) is 17.4 Å². The number of allylic oxidation sites excluding steroid dienone is 1. The summed E-state index contributed by atoms with van der Waals surface area (Å²) in [5, 5.41) is 3.38. The number of nitrogens with zero attached hydrogens (tertiary/aromatic N) is 2. The maximum absolute atomic E-state index is 12.8. The standard InChI is InChI=1S/C17H19N3O2S2/c1-6-8-18-14(21)12(5)24-17-19-15-13(10(3)11(4)23-15)16(22)20(17)9-7-2/h1,7,12H,2,8-9H2,3-5H3,(H,18,21).